The summed E-state index contributed by atoms with van der Waals surface area (Å²) in [5.74, 6) is 5.27. The number of hydrogen-bond acceptors (Lipinski definition) is 4. The zero-order chi connectivity index (χ0) is 20.4. The molecular weight excluding hydrogens is 338 g/mol. The number of nitrogens with two attached hydrogens (primary N) is 1. The Morgan fingerprint density at radius 2 is 1.41 bits per heavy atom. The van der Waals surface area contributed by atoms with E-state index in [1.807, 2.05) is 36.4 Å². The molecule has 1 amide bonds. The van der Waals surface area contributed by atoms with Crippen molar-refractivity contribution in [2.45, 2.75) is 58.8 Å². The molecule has 0 fully saturated rings. The van der Waals surface area contributed by atoms with Gasteiger partial charge in [-0.1, -0.05) is 53.7 Å². The van der Waals surface area contributed by atoms with Gasteiger partial charge in [0, 0.05) is 22.5 Å². The second-order valence-corrected chi connectivity index (χ2v) is 8.99. The quantitative estimate of drug-likeness (QED) is 0.281. The third kappa shape index (κ3) is 5.23. The van der Waals surface area contributed by atoms with E-state index in [2.05, 4.69) is 52.3 Å². The summed E-state index contributed by atoms with van der Waals surface area (Å²) in [6.07, 6.45) is 0.248. The van der Waals surface area contributed by atoms with Crippen LogP contribution in [0.3, 0.4) is 0 Å². The van der Waals surface area contributed by atoms with Gasteiger partial charge in [0.1, 0.15) is 5.75 Å². The third-order valence-electron chi connectivity index (χ3n) is 4.49. The minimum Gasteiger partial charge on any atom is -0.507 e. The molecule has 0 bridgehead atoms. The molecule has 0 heterocycles. The van der Waals surface area contributed by atoms with Crippen LogP contribution in [0.5, 0.6) is 5.75 Å². The van der Waals surface area contributed by atoms with Gasteiger partial charge in [0.25, 0.3) is 0 Å². The molecule has 2 aromatic carbocycles. The van der Waals surface area contributed by atoms with Gasteiger partial charge in [-0.15, -0.1) is 0 Å². The van der Waals surface area contributed by atoms with E-state index in [1.165, 1.54) is 0 Å². The fraction of sp³-hybridized carbons (Fsp3) is 0.409. The number of phenolic OH excluding ortho intramolecular Hbond substituents is 1. The summed E-state index contributed by atoms with van der Waals surface area (Å²) in [6.45, 7) is 12.6. The highest BCUT2D eigenvalue weighted by molar-refractivity contribution is 5.78. The van der Waals surface area contributed by atoms with E-state index >= 15 is 0 Å². The van der Waals surface area contributed by atoms with E-state index in [-0.39, 0.29) is 23.2 Å². The fourth-order valence-electron chi connectivity index (χ4n) is 2.96. The smallest absolute Gasteiger partial charge is 0.238 e. The van der Waals surface area contributed by atoms with Crippen molar-refractivity contribution in [2.24, 2.45) is 5.84 Å². The summed E-state index contributed by atoms with van der Waals surface area (Å²) >= 11 is 0. The lowest BCUT2D eigenvalue weighted by Crippen LogP contribution is -2.31. The molecule has 5 heteroatoms. The molecule has 5 N–H and O–H groups in total. The zero-order valence-electron chi connectivity index (χ0n) is 17.1. The SMILES string of the molecule is CC(C)(C)c1cc(Nc2ccc(CC(=O)NN)cc2)cc(C(C)(C)C)c1O. The molecule has 2 aromatic rings. The van der Waals surface area contributed by atoms with Crippen LogP contribution in [-0.2, 0) is 22.0 Å². The Morgan fingerprint density at radius 3 is 1.81 bits per heavy atom. The Kier molecular flexibility index (Phi) is 5.85. The number of phenols is 1. The highest BCUT2D eigenvalue weighted by Gasteiger charge is 2.26. The molecule has 0 saturated heterocycles. The summed E-state index contributed by atoms with van der Waals surface area (Å²) in [7, 11) is 0. The average Bonchev–Trinajstić information content (AvgIpc) is 2.55. The lowest BCUT2D eigenvalue weighted by molar-refractivity contribution is -0.120. The molecule has 0 aromatic heterocycles. The molecule has 27 heavy (non-hydrogen) atoms. The van der Waals surface area contributed by atoms with E-state index in [0.717, 1.165) is 28.1 Å². The van der Waals surface area contributed by atoms with E-state index in [4.69, 9.17) is 5.84 Å². The zero-order valence-corrected chi connectivity index (χ0v) is 17.1. The number of benzene rings is 2. The second kappa shape index (κ2) is 7.61. The standard InChI is InChI=1S/C22H31N3O2/c1-21(2,3)17-12-16(13-18(20(17)27)22(4,5)6)24-15-9-7-14(8-10-15)11-19(26)25-23/h7-10,12-13,24,27H,11,23H2,1-6H3,(H,25,26). The van der Waals surface area contributed by atoms with Crippen molar-refractivity contribution in [1.29, 1.82) is 0 Å². The van der Waals surface area contributed by atoms with Gasteiger partial charge in [0.15, 0.2) is 0 Å². The monoisotopic (exact) mass is 369 g/mol. The molecule has 146 valence electrons. The Labute approximate surface area is 162 Å². The van der Waals surface area contributed by atoms with Crippen molar-refractivity contribution in [3.05, 3.63) is 53.1 Å². The number of aromatic hydroxyl groups is 1. The van der Waals surface area contributed by atoms with Crippen LogP contribution >= 0.6 is 0 Å². The first-order valence-electron chi connectivity index (χ1n) is 9.15. The van der Waals surface area contributed by atoms with Gasteiger partial charge in [-0.25, -0.2) is 5.84 Å². The van der Waals surface area contributed by atoms with Crippen molar-refractivity contribution in [2.75, 3.05) is 5.32 Å². The number of hydrazine groups is 1. The average molecular weight is 370 g/mol. The summed E-state index contributed by atoms with van der Waals surface area (Å²) in [5.41, 5.74) is 6.33. The number of nitrogens with one attached hydrogen (secondary N) is 2. The van der Waals surface area contributed by atoms with Gasteiger partial charge in [-0.05, 0) is 40.7 Å². The molecule has 0 aliphatic carbocycles. The normalized spacial score (nSPS) is 12.0. The Balaban J connectivity index is 2.37. The number of rotatable bonds is 4. The molecule has 0 unspecified atom stereocenters. The molecule has 0 saturated carbocycles. The number of hydrogen-bond donors (Lipinski definition) is 4. The maximum Gasteiger partial charge on any atom is 0.238 e. The molecule has 0 aliphatic heterocycles. The highest BCUT2D eigenvalue weighted by Crippen LogP contribution is 2.41. The number of carbonyl (C=O) groups excluding carboxylic acids is 1. The Bertz CT molecular complexity index is 778. The predicted octanol–water partition coefficient (Wildman–Crippen LogP) is 4.26. The summed E-state index contributed by atoms with van der Waals surface area (Å²) in [4.78, 5) is 11.4. The highest BCUT2D eigenvalue weighted by atomic mass is 16.3. The van der Waals surface area contributed by atoms with Crippen LogP contribution < -0.4 is 16.6 Å². The number of anilines is 2. The third-order valence-corrected chi connectivity index (χ3v) is 4.49. The fourth-order valence-corrected chi connectivity index (χ4v) is 2.96. The van der Waals surface area contributed by atoms with Crippen LogP contribution in [-0.4, -0.2) is 11.0 Å². The first-order chi connectivity index (χ1) is 12.4. The predicted molar refractivity (Wildman–Crippen MR) is 111 cm³/mol. The van der Waals surface area contributed by atoms with Gasteiger partial charge >= 0.3 is 0 Å². The molecule has 5 nitrogen and oxygen atoms in total. The van der Waals surface area contributed by atoms with E-state index < -0.39 is 0 Å². The number of amides is 1. The van der Waals surface area contributed by atoms with Crippen LogP contribution in [0.15, 0.2) is 36.4 Å². The lowest BCUT2D eigenvalue weighted by Gasteiger charge is -2.28. The van der Waals surface area contributed by atoms with E-state index in [1.54, 1.807) is 0 Å². The van der Waals surface area contributed by atoms with Crippen LogP contribution in [0.25, 0.3) is 0 Å². The van der Waals surface area contributed by atoms with Gasteiger partial charge in [-0.3, -0.25) is 10.2 Å². The van der Waals surface area contributed by atoms with Gasteiger partial charge in [0.05, 0.1) is 6.42 Å². The molecule has 0 radical (unpaired) electrons. The minimum absolute atomic E-state index is 0.179. The van der Waals surface area contributed by atoms with Crippen LogP contribution in [0.4, 0.5) is 11.4 Å². The topological polar surface area (TPSA) is 87.4 Å². The molecule has 0 spiro atoms. The van der Waals surface area contributed by atoms with Gasteiger partial charge < -0.3 is 10.4 Å². The van der Waals surface area contributed by atoms with Crippen LogP contribution in [0.2, 0.25) is 0 Å². The van der Waals surface area contributed by atoms with Crippen LogP contribution in [0, 0.1) is 0 Å². The van der Waals surface area contributed by atoms with Gasteiger partial charge in [-0.2, -0.15) is 0 Å². The van der Waals surface area contributed by atoms with Crippen molar-refractivity contribution < 1.29 is 9.90 Å². The Morgan fingerprint density at radius 1 is 0.926 bits per heavy atom. The summed E-state index contributed by atoms with van der Waals surface area (Å²) in [6, 6.07) is 11.7. The molecular formula is C22H31N3O2. The summed E-state index contributed by atoms with van der Waals surface area (Å²) < 4.78 is 0. The van der Waals surface area contributed by atoms with Gasteiger partial charge in [0.2, 0.25) is 5.91 Å². The maximum absolute atomic E-state index is 11.4. The summed E-state index contributed by atoms with van der Waals surface area (Å²) in [5, 5.41) is 14.2. The van der Waals surface area contributed by atoms with E-state index in [0.29, 0.717) is 5.75 Å². The first kappa shape index (κ1) is 20.8. The first-order valence-corrected chi connectivity index (χ1v) is 9.15. The minimum atomic E-state index is -0.223. The second-order valence-electron chi connectivity index (χ2n) is 8.99. The Hall–Kier alpha value is -2.53. The largest absolute Gasteiger partial charge is 0.507 e. The maximum atomic E-state index is 11.4. The number of carbonyl (C=O) groups is 1. The van der Waals surface area contributed by atoms with Crippen LogP contribution in [0.1, 0.15) is 58.2 Å². The lowest BCUT2D eigenvalue weighted by atomic mass is 9.79. The molecule has 0 atom stereocenters. The van der Waals surface area contributed by atoms with Crippen molar-refractivity contribution in [3.63, 3.8) is 0 Å². The molecule has 0 aliphatic rings. The van der Waals surface area contributed by atoms with E-state index in [9.17, 15) is 9.90 Å². The molecule has 2 rings (SSSR count). The van der Waals surface area contributed by atoms with Crippen molar-refractivity contribution in [1.82, 2.24) is 5.43 Å². The van der Waals surface area contributed by atoms with Crippen molar-refractivity contribution >= 4 is 17.3 Å². The van der Waals surface area contributed by atoms with Crippen molar-refractivity contribution in [3.8, 4) is 5.75 Å².